The van der Waals surface area contributed by atoms with Crippen LogP contribution in [0.1, 0.15) is 0 Å². The summed E-state index contributed by atoms with van der Waals surface area (Å²) in [6, 6.07) is 12.0. The number of carbonyl (C=O) groups is 3. The van der Waals surface area contributed by atoms with Crippen LogP contribution in [0, 0.1) is 5.82 Å². The Kier molecular flexibility index (Phi) is 7.61. The third-order valence-electron chi connectivity index (χ3n) is 2.91. The fourth-order valence-electron chi connectivity index (χ4n) is 1.74. The Morgan fingerprint density at radius 3 is 2.46 bits per heavy atom. The molecule has 2 aromatic rings. The molecular formula is C17H14BrFN2O4S. The van der Waals surface area contributed by atoms with Gasteiger partial charge < -0.3 is 10.1 Å². The quantitative estimate of drug-likeness (QED) is 0.529. The molecule has 2 N–H and O–H groups in total. The number of carbonyl (C=O) groups excluding carboxylic acids is 3. The van der Waals surface area contributed by atoms with Crippen molar-refractivity contribution in [3.8, 4) is 0 Å². The highest BCUT2D eigenvalue weighted by Gasteiger charge is 2.12. The highest BCUT2D eigenvalue weighted by molar-refractivity contribution is 9.10. The first kappa shape index (κ1) is 19.9. The van der Waals surface area contributed by atoms with Gasteiger partial charge in [-0.05, 0) is 36.4 Å². The van der Waals surface area contributed by atoms with E-state index in [1.807, 2.05) is 29.6 Å². The lowest BCUT2D eigenvalue weighted by Crippen LogP contribution is -2.37. The molecule has 0 spiro atoms. The molecule has 26 heavy (non-hydrogen) atoms. The molecule has 0 unspecified atom stereocenters. The maximum atomic E-state index is 13.4. The predicted octanol–water partition coefficient (Wildman–Crippen LogP) is 3.57. The second kappa shape index (κ2) is 9.93. The minimum atomic E-state index is -0.916. The van der Waals surface area contributed by atoms with Gasteiger partial charge >= 0.3 is 12.0 Å². The summed E-state index contributed by atoms with van der Waals surface area (Å²) in [6.45, 7) is -0.607. The van der Waals surface area contributed by atoms with Crippen LogP contribution in [0.25, 0.3) is 0 Å². The van der Waals surface area contributed by atoms with E-state index in [0.717, 1.165) is 9.37 Å². The third-order valence-corrected chi connectivity index (χ3v) is 4.42. The summed E-state index contributed by atoms with van der Waals surface area (Å²) < 4.78 is 19.1. The van der Waals surface area contributed by atoms with E-state index in [4.69, 9.17) is 4.74 Å². The second-order valence-electron chi connectivity index (χ2n) is 4.89. The number of rotatable bonds is 6. The van der Waals surface area contributed by atoms with E-state index in [2.05, 4.69) is 21.2 Å². The molecule has 2 rings (SSSR count). The summed E-state index contributed by atoms with van der Waals surface area (Å²) in [7, 11) is 0. The number of para-hydroxylation sites is 1. The standard InChI is InChI=1S/C17H14BrFN2O4S/c18-11-5-7-12(8-6-11)26-10-16(23)25-9-15(22)21-17(24)20-14-4-2-1-3-13(14)19/h1-8H,9-10H2,(H2,20,21,22,24). The van der Waals surface area contributed by atoms with Crippen LogP contribution in [0.5, 0.6) is 0 Å². The Bertz CT molecular complexity index is 802. The van der Waals surface area contributed by atoms with Crippen LogP contribution in [0.4, 0.5) is 14.9 Å². The Morgan fingerprint density at radius 1 is 1.08 bits per heavy atom. The number of nitrogens with one attached hydrogen (secondary N) is 2. The van der Waals surface area contributed by atoms with E-state index in [-0.39, 0.29) is 11.4 Å². The summed E-state index contributed by atoms with van der Waals surface area (Å²) >= 11 is 4.57. The number of benzene rings is 2. The van der Waals surface area contributed by atoms with Gasteiger partial charge in [0.05, 0.1) is 11.4 Å². The molecule has 0 radical (unpaired) electrons. The van der Waals surface area contributed by atoms with Gasteiger partial charge in [0.1, 0.15) is 5.82 Å². The van der Waals surface area contributed by atoms with E-state index in [0.29, 0.717) is 0 Å². The summed E-state index contributed by atoms with van der Waals surface area (Å²) in [4.78, 5) is 35.7. The summed E-state index contributed by atoms with van der Waals surface area (Å²) in [6.07, 6.45) is 0. The normalized spacial score (nSPS) is 10.1. The highest BCUT2D eigenvalue weighted by atomic mass is 79.9. The average molecular weight is 441 g/mol. The third kappa shape index (κ3) is 6.85. The molecule has 0 heterocycles. The predicted molar refractivity (Wildman–Crippen MR) is 99.4 cm³/mol. The number of hydrogen-bond acceptors (Lipinski definition) is 5. The molecule has 0 aliphatic rings. The van der Waals surface area contributed by atoms with Gasteiger partial charge in [-0.25, -0.2) is 9.18 Å². The van der Waals surface area contributed by atoms with Crippen molar-refractivity contribution in [1.29, 1.82) is 0 Å². The first-order valence-corrected chi connectivity index (χ1v) is 9.11. The number of anilines is 1. The van der Waals surface area contributed by atoms with E-state index < -0.39 is 30.3 Å². The van der Waals surface area contributed by atoms with Crippen molar-refractivity contribution in [2.45, 2.75) is 4.90 Å². The van der Waals surface area contributed by atoms with Crippen LogP contribution in [-0.4, -0.2) is 30.3 Å². The molecule has 0 saturated heterocycles. The second-order valence-corrected chi connectivity index (χ2v) is 6.85. The lowest BCUT2D eigenvalue weighted by molar-refractivity contribution is -0.145. The summed E-state index contributed by atoms with van der Waals surface area (Å²) in [5.41, 5.74) is -0.0688. The molecule has 2 aromatic carbocycles. The number of imide groups is 1. The van der Waals surface area contributed by atoms with Crippen LogP contribution < -0.4 is 10.6 Å². The van der Waals surface area contributed by atoms with Crippen LogP contribution >= 0.6 is 27.7 Å². The molecule has 0 saturated carbocycles. The molecule has 0 aliphatic heterocycles. The van der Waals surface area contributed by atoms with Crippen molar-refractivity contribution >= 4 is 51.3 Å². The fourth-order valence-corrected chi connectivity index (χ4v) is 2.70. The fraction of sp³-hybridized carbons (Fsp3) is 0.118. The molecule has 9 heteroatoms. The lowest BCUT2D eigenvalue weighted by atomic mass is 10.3. The van der Waals surface area contributed by atoms with E-state index >= 15 is 0 Å². The molecule has 0 aromatic heterocycles. The number of ether oxygens (including phenoxy) is 1. The topological polar surface area (TPSA) is 84.5 Å². The largest absolute Gasteiger partial charge is 0.455 e. The van der Waals surface area contributed by atoms with Crippen molar-refractivity contribution in [1.82, 2.24) is 5.32 Å². The van der Waals surface area contributed by atoms with Crippen molar-refractivity contribution in [2.24, 2.45) is 0 Å². The van der Waals surface area contributed by atoms with Crippen LogP contribution in [0.15, 0.2) is 57.9 Å². The zero-order chi connectivity index (χ0) is 18.9. The Balaban J connectivity index is 1.69. The Labute approximate surface area is 161 Å². The highest BCUT2D eigenvalue weighted by Crippen LogP contribution is 2.20. The lowest BCUT2D eigenvalue weighted by Gasteiger charge is -2.08. The smallest absolute Gasteiger partial charge is 0.326 e. The van der Waals surface area contributed by atoms with Crippen LogP contribution in [-0.2, 0) is 14.3 Å². The Morgan fingerprint density at radius 2 is 1.77 bits per heavy atom. The summed E-state index contributed by atoms with van der Waals surface area (Å²) in [5, 5.41) is 4.13. The SMILES string of the molecule is O=C(COC(=O)CSc1ccc(Br)cc1)NC(=O)Nc1ccccc1F. The number of hydrogen-bond donors (Lipinski definition) is 2. The molecule has 0 fully saturated rings. The van der Waals surface area contributed by atoms with Gasteiger partial charge in [0, 0.05) is 9.37 Å². The maximum Gasteiger partial charge on any atom is 0.326 e. The molecule has 3 amide bonds. The van der Waals surface area contributed by atoms with Gasteiger partial charge in [-0.15, -0.1) is 11.8 Å². The van der Waals surface area contributed by atoms with E-state index in [1.165, 1.54) is 36.0 Å². The van der Waals surface area contributed by atoms with Crippen molar-refractivity contribution in [3.05, 3.63) is 58.8 Å². The number of urea groups is 1. The van der Waals surface area contributed by atoms with Gasteiger partial charge in [0.25, 0.3) is 5.91 Å². The maximum absolute atomic E-state index is 13.4. The molecular weight excluding hydrogens is 427 g/mol. The molecule has 136 valence electrons. The molecule has 6 nitrogen and oxygen atoms in total. The van der Waals surface area contributed by atoms with E-state index in [1.54, 1.807) is 0 Å². The zero-order valence-corrected chi connectivity index (χ0v) is 15.7. The van der Waals surface area contributed by atoms with Gasteiger partial charge in [-0.3, -0.25) is 14.9 Å². The van der Waals surface area contributed by atoms with Crippen molar-refractivity contribution in [2.75, 3.05) is 17.7 Å². The van der Waals surface area contributed by atoms with Crippen LogP contribution in [0.3, 0.4) is 0 Å². The van der Waals surface area contributed by atoms with Gasteiger partial charge in [0.15, 0.2) is 6.61 Å². The van der Waals surface area contributed by atoms with Gasteiger partial charge in [0.2, 0.25) is 0 Å². The molecule has 0 atom stereocenters. The monoisotopic (exact) mass is 440 g/mol. The first-order valence-electron chi connectivity index (χ1n) is 7.33. The first-order chi connectivity index (χ1) is 12.4. The minimum Gasteiger partial charge on any atom is -0.455 e. The number of esters is 1. The summed E-state index contributed by atoms with van der Waals surface area (Å²) in [5.74, 6) is -2.02. The molecule has 0 aliphatic carbocycles. The van der Waals surface area contributed by atoms with Crippen molar-refractivity contribution in [3.63, 3.8) is 0 Å². The minimum absolute atomic E-state index is 0.0241. The number of thioether (sulfide) groups is 1. The van der Waals surface area contributed by atoms with Gasteiger partial charge in [-0.2, -0.15) is 0 Å². The number of amides is 3. The zero-order valence-electron chi connectivity index (χ0n) is 13.3. The van der Waals surface area contributed by atoms with E-state index in [9.17, 15) is 18.8 Å². The Hall–Kier alpha value is -2.39. The average Bonchev–Trinajstić information content (AvgIpc) is 2.61. The van der Waals surface area contributed by atoms with Crippen LogP contribution in [0.2, 0.25) is 0 Å². The molecule has 0 bridgehead atoms. The van der Waals surface area contributed by atoms with Crippen molar-refractivity contribution < 1.29 is 23.5 Å². The number of halogens is 2. The van der Waals surface area contributed by atoms with Gasteiger partial charge in [-0.1, -0.05) is 28.1 Å².